The van der Waals surface area contributed by atoms with E-state index >= 15 is 0 Å². The Balaban J connectivity index is 2.00. The van der Waals surface area contributed by atoms with Crippen LogP contribution >= 0.6 is 0 Å². The van der Waals surface area contributed by atoms with Crippen LogP contribution in [-0.2, 0) is 24.9 Å². The van der Waals surface area contributed by atoms with Crippen LogP contribution in [0.5, 0.6) is 5.75 Å². The highest BCUT2D eigenvalue weighted by Gasteiger charge is 2.05. The van der Waals surface area contributed by atoms with Gasteiger partial charge in [0.1, 0.15) is 12.4 Å². The first-order chi connectivity index (χ1) is 8.70. The Morgan fingerprint density at radius 1 is 1.33 bits per heavy atom. The molecule has 2 rings (SSSR count). The standard InChI is InChI=1S/C14H15N2O2/c1-11-14(16(2)10-15-11)9-18-13-5-3-12(4-6-13)7-8-17/h3-6,10H,7,9H2,1-2H3. The molecule has 0 amide bonds. The molecule has 18 heavy (non-hydrogen) atoms. The van der Waals surface area contributed by atoms with Crippen molar-refractivity contribution in [3.05, 3.63) is 47.5 Å². The molecule has 0 saturated heterocycles. The second kappa shape index (κ2) is 5.49. The molecule has 0 atom stereocenters. The number of ether oxygens (including phenoxy) is 1. The minimum Gasteiger partial charge on any atom is -0.487 e. The summed E-state index contributed by atoms with van der Waals surface area (Å²) in [6, 6.07) is 7.46. The zero-order valence-corrected chi connectivity index (χ0v) is 10.5. The number of hydrogen-bond acceptors (Lipinski definition) is 3. The van der Waals surface area contributed by atoms with Crippen molar-refractivity contribution >= 4 is 6.29 Å². The molecule has 93 valence electrons. The van der Waals surface area contributed by atoms with Gasteiger partial charge in [0.05, 0.1) is 17.7 Å². The van der Waals surface area contributed by atoms with E-state index in [0.29, 0.717) is 13.0 Å². The number of imidazole rings is 1. The van der Waals surface area contributed by atoms with Crippen LogP contribution in [0.3, 0.4) is 0 Å². The number of aryl methyl sites for hydroxylation is 2. The molecule has 0 fully saturated rings. The van der Waals surface area contributed by atoms with Gasteiger partial charge >= 0.3 is 0 Å². The van der Waals surface area contributed by atoms with Crippen LogP contribution < -0.4 is 4.74 Å². The number of rotatable bonds is 5. The molecule has 0 bridgehead atoms. The van der Waals surface area contributed by atoms with Gasteiger partial charge in [0, 0.05) is 13.5 Å². The number of hydrogen-bond donors (Lipinski definition) is 0. The topological polar surface area (TPSA) is 44.1 Å². The van der Waals surface area contributed by atoms with Gasteiger partial charge in [0.2, 0.25) is 6.29 Å². The Kier molecular flexibility index (Phi) is 3.77. The fourth-order valence-electron chi connectivity index (χ4n) is 1.72. The molecule has 4 heteroatoms. The number of aromatic nitrogens is 2. The van der Waals surface area contributed by atoms with Crippen molar-refractivity contribution < 1.29 is 9.53 Å². The fourth-order valence-corrected chi connectivity index (χ4v) is 1.72. The Morgan fingerprint density at radius 2 is 2.06 bits per heavy atom. The number of carbonyl (C=O) groups excluding carboxylic acids is 1. The van der Waals surface area contributed by atoms with E-state index in [1.807, 2.05) is 49.1 Å². The summed E-state index contributed by atoms with van der Waals surface area (Å²) >= 11 is 0. The van der Waals surface area contributed by atoms with Crippen LogP contribution in [0, 0.1) is 6.92 Å². The molecule has 0 unspecified atom stereocenters. The summed E-state index contributed by atoms with van der Waals surface area (Å²) in [6.45, 7) is 2.45. The minimum atomic E-state index is 0.321. The van der Waals surface area contributed by atoms with Crippen LogP contribution in [0.2, 0.25) is 0 Å². The van der Waals surface area contributed by atoms with Crippen molar-refractivity contribution in [1.29, 1.82) is 0 Å². The van der Waals surface area contributed by atoms with Crippen molar-refractivity contribution in [3.8, 4) is 5.75 Å². The number of benzene rings is 1. The predicted octanol–water partition coefficient (Wildman–Crippen LogP) is 1.96. The molecular formula is C14H15N2O2. The average Bonchev–Trinajstić information content (AvgIpc) is 2.69. The molecule has 0 aliphatic carbocycles. The van der Waals surface area contributed by atoms with Gasteiger partial charge in [-0.3, -0.25) is 4.79 Å². The lowest BCUT2D eigenvalue weighted by Gasteiger charge is -2.08. The smallest absolute Gasteiger partial charge is 0.203 e. The lowest BCUT2D eigenvalue weighted by molar-refractivity contribution is 0.296. The predicted molar refractivity (Wildman–Crippen MR) is 68.1 cm³/mol. The fraction of sp³-hybridized carbons (Fsp3) is 0.286. The molecule has 2 aromatic rings. The van der Waals surface area contributed by atoms with Gasteiger partial charge in [-0.2, -0.15) is 0 Å². The zero-order chi connectivity index (χ0) is 13.0. The first-order valence-electron chi connectivity index (χ1n) is 5.74. The summed E-state index contributed by atoms with van der Waals surface area (Å²) in [6.07, 6.45) is 3.97. The molecule has 1 aromatic carbocycles. The molecule has 1 heterocycles. The lowest BCUT2D eigenvalue weighted by Crippen LogP contribution is -2.03. The van der Waals surface area contributed by atoms with Gasteiger partial charge in [-0.25, -0.2) is 4.98 Å². The molecule has 1 aromatic heterocycles. The first-order valence-corrected chi connectivity index (χ1v) is 5.74. The minimum absolute atomic E-state index is 0.321. The van der Waals surface area contributed by atoms with Gasteiger partial charge in [0.15, 0.2) is 0 Å². The van der Waals surface area contributed by atoms with E-state index in [1.165, 1.54) is 0 Å². The second-order valence-electron chi connectivity index (χ2n) is 4.14. The number of nitrogens with zero attached hydrogens (tertiary/aromatic N) is 2. The van der Waals surface area contributed by atoms with Gasteiger partial charge < -0.3 is 9.30 Å². The van der Waals surface area contributed by atoms with E-state index in [4.69, 9.17) is 4.74 Å². The van der Waals surface area contributed by atoms with Crippen LogP contribution in [-0.4, -0.2) is 15.8 Å². The Labute approximate surface area is 106 Å². The lowest BCUT2D eigenvalue weighted by atomic mass is 10.2. The van der Waals surface area contributed by atoms with Crippen molar-refractivity contribution in [2.45, 2.75) is 20.0 Å². The van der Waals surface area contributed by atoms with Gasteiger partial charge in [-0.05, 0) is 24.6 Å². The molecule has 0 aliphatic rings. The summed E-state index contributed by atoms with van der Waals surface area (Å²) in [7, 11) is 1.95. The van der Waals surface area contributed by atoms with Gasteiger partial charge in [-0.1, -0.05) is 12.1 Å². The highest BCUT2D eigenvalue weighted by Crippen LogP contribution is 2.15. The molecule has 0 N–H and O–H groups in total. The normalized spacial score (nSPS) is 10.3. The van der Waals surface area contributed by atoms with E-state index in [9.17, 15) is 4.79 Å². The van der Waals surface area contributed by atoms with E-state index < -0.39 is 0 Å². The van der Waals surface area contributed by atoms with Crippen LogP contribution in [0.1, 0.15) is 17.0 Å². The third-order valence-corrected chi connectivity index (χ3v) is 2.84. The Hall–Kier alpha value is -2.10. The Morgan fingerprint density at radius 3 is 2.61 bits per heavy atom. The second-order valence-corrected chi connectivity index (χ2v) is 4.14. The summed E-state index contributed by atoms with van der Waals surface area (Å²) in [5.74, 6) is 0.783. The van der Waals surface area contributed by atoms with Crippen molar-refractivity contribution in [2.75, 3.05) is 0 Å². The SMILES string of the molecule is Cc1ncn(C)c1COc1ccc(C[C]=O)cc1. The average molecular weight is 243 g/mol. The van der Waals surface area contributed by atoms with Crippen molar-refractivity contribution in [2.24, 2.45) is 7.05 Å². The Bertz CT molecular complexity index is 510. The van der Waals surface area contributed by atoms with Crippen LogP contribution in [0.4, 0.5) is 0 Å². The summed E-state index contributed by atoms with van der Waals surface area (Å²) in [5, 5.41) is 0. The molecule has 0 aliphatic heterocycles. The maximum Gasteiger partial charge on any atom is 0.203 e. The van der Waals surface area contributed by atoms with E-state index in [0.717, 1.165) is 22.7 Å². The van der Waals surface area contributed by atoms with E-state index in [2.05, 4.69) is 4.98 Å². The summed E-state index contributed by atoms with van der Waals surface area (Å²) in [5.41, 5.74) is 2.97. The van der Waals surface area contributed by atoms with Gasteiger partial charge in [0.25, 0.3) is 0 Å². The molecule has 0 saturated carbocycles. The van der Waals surface area contributed by atoms with E-state index in [-0.39, 0.29) is 0 Å². The highest BCUT2D eigenvalue weighted by atomic mass is 16.5. The van der Waals surface area contributed by atoms with E-state index in [1.54, 1.807) is 6.33 Å². The maximum atomic E-state index is 10.2. The third kappa shape index (κ3) is 2.77. The monoisotopic (exact) mass is 243 g/mol. The molecule has 4 nitrogen and oxygen atoms in total. The van der Waals surface area contributed by atoms with Crippen molar-refractivity contribution in [3.63, 3.8) is 0 Å². The largest absolute Gasteiger partial charge is 0.487 e. The van der Waals surface area contributed by atoms with Crippen molar-refractivity contribution in [1.82, 2.24) is 9.55 Å². The highest BCUT2D eigenvalue weighted by molar-refractivity contribution is 5.55. The molecule has 1 radical (unpaired) electrons. The van der Waals surface area contributed by atoms with Gasteiger partial charge in [-0.15, -0.1) is 0 Å². The quantitative estimate of drug-likeness (QED) is 0.806. The summed E-state index contributed by atoms with van der Waals surface area (Å²) in [4.78, 5) is 14.5. The molecule has 0 spiro atoms. The molecular weight excluding hydrogens is 228 g/mol. The third-order valence-electron chi connectivity index (χ3n) is 2.84. The van der Waals surface area contributed by atoms with Crippen LogP contribution in [0.25, 0.3) is 0 Å². The maximum absolute atomic E-state index is 10.2. The first kappa shape index (κ1) is 12.4. The van der Waals surface area contributed by atoms with Crippen LogP contribution in [0.15, 0.2) is 30.6 Å². The zero-order valence-electron chi connectivity index (χ0n) is 10.5. The summed E-state index contributed by atoms with van der Waals surface area (Å²) < 4.78 is 7.64.